The van der Waals surface area contributed by atoms with Crippen molar-refractivity contribution in [3.63, 3.8) is 0 Å². The van der Waals surface area contributed by atoms with E-state index >= 15 is 0 Å². The van der Waals surface area contributed by atoms with Crippen molar-refractivity contribution in [1.82, 2.24) is 5.32 Å². The van der Waals surface area contributed by atoms with Gasteiger partial charge in [-0.3, -0.25) is 4.79 Å². The maximum absolute atomic E-state index is 11.4. The number of amides is 1. The van der Waals surface area contributed by atoms with Crippen LogP contribution in [0.3, 0.4) is 0 Å². The summed E-state index contributed by atoms with van der Waals surface area (Å²) in [6, 6.07) is -0.197. The second kappa shape index (κ2) is 6.27. The monoisotopic (exact) mass is 215 g/mol. The summed E-state index contributed by atoms with van der Waals surface area (Å²) in [4.78, 5) is 21.9. The Kier molecular flexibility index (Phi) is 4.93. The number of cyclic esters (lactones) is 2. The molecule has 5 heteroatoms. The van der Waals surface area contributed by atoms with Crippen molar-refractivity contribution in [2.45, 2.75) is 38.6 Å². The first-order chi connectivity index (χ1) is 7.22. The maximum Gasteiger partial charge on any atom is 0.508 e. The molecule has 15 heavy (non-hydrogen) atoms. The summed E-state index contributed by atoms with van der Waals surface area (Å²) in [7, 11) is 0. The van der Waals surface area contributed by atoms with Gasteiger partial charge in [0.15, 0.2) is 0 Å². The Hall–Kier alpha value is -1.26. The molecule has 0 radical (unpaired) electrons. The van der Waals surface area contributed by atoms with Crippen LogP contribution in [0.5, 0.6) is 0 Å². The van der Waals surface area contributed by atoms with E-state index in [0.717, 1.165) is 19.3 Å². The van der Waals surface area contributed by atoms with Gasteiger partial charge in [-0.15, -0.1) is 0 Å². The Morgan fingerprint density at radius 3 is 2.67 bits per heavy atom. The van der Waals surface area contributed by atoms with E-state index in [1.165, 1.54) is 0 Å². The van der Waals surface area contributed by atoms with Gasteiger partial charge < -0.3 is 14.8 Å². The topological polar surface area (TPSA) is 64.6 Å². The van der Waals surface area contributed by atoms with Crippen LogP contribution in [0.1, 0.15) is 32.6 Å². The van der Waals surface area contributed by atoms with Crippen LogP contribution in [0, 0.1) is 0 Å². The number of hydrogen-bond acceptors (Lipinski definition) is 4. The molecular weight excluding hydrogens is 198 g/mol. The highest BCUT2D eigenvalue weighted by atomic mass is 16.7. The van der Waals surface area contributed by atoms with Crippen molar-refractivity contribution in [2.24, 2.45) is 0 Å². The lowest BCUT2D eigenvalue weighted by Crippen LogP contribution is -2.45. The van der Waals surface area contributed by atoms with Crippen molar-refractivity contribution in [2.75, 3.05) is 13.2 Å². The van der Waals surface area contributed by atoms with Gasteiger partial charge in [0.1, 0.15) is 13.2 Å². The van der Waals surface area contributed by atoms with Crippen LogP contribution in [0.15, 0.2) is 0 Å². The molecule has 1 rings (SSSR count). The van der Waals surface area contributed by atoms with Crippen LogP contribution in [0.4, 0.5) is 4.79 Å². The first-order valence-electron chi connectivity index (χ1n) is 5.31. The highest BCUT2D eigenvalue weighted by molar-refractivity contribution is 5.76. The molecule has 0 aromatic carbocycles. The molecule has 1 aliphatic rings. The van der Waals surface area contributed by atoms with Crippen LogP contribution < -0.4 is 5.32 Å². The molecule has 5 nitrogen and oxygen atoms in total. The van der Waals surface area contributed by atoms with Crippen molar-refractivity contribution in [1.29, 1.82) is 0 Å². The Bertz CT molecular complexity index is 219. The number of unbranched alkanes of at least 4 members (excludes halogenated alkanes) is 2. The quantitative estimate of drug-likeness (QED) is 0.553. The molecule has 1 heterocycles. The number of rotatable bonds is 5. The van der Waals surface area contributed by atoms with E-state index in [9.17, 15) is 9.59 Å². The Labute approximate surface area is 89.1 Å². The fraction of sp³-hybridized carbons (Fsp3) is 0.800. The van der Waals surface area contributed by atoms with Crippen LogP contribution in [-0.4, -0.2) is 31.3 Å². The van der Waals surface area contributed by atoms with E-state index in [2.05, 4.69) is 21.7 Å². The van der Waals surface area contributed by atoms with E-state index in [4.69, 9.17) is 0 Å². The van der Waals surface area contributed by atoms with E-state index < -0.39 is 6.16 Å². The van der Waals surface area contributed by atoms with Crippen molar-refractivity contribution in [3.05, 3.63) is 0 Å². The van der Waals surface area contributed by atoms with E-state index in [1.54, 1.807) is 0 Å². The minimum Gasteiger partial charge on any atom is -0.432 e. The minimum atomic E-state index is -0.661. The molecular formula is C10H17NO4. The lowest BCUT2D eigenvalue weighted by Gasteiger charge is -2.22. The molecule has 0 aromatic heterocycles. The van der Waals surface area contributed by atoms with Gasteiger partial charge >= 0.3 is 6.16 Å². The molecule has 1 fully saturated rings. The lowest BCUT2D eigenvalue weighted by molar-refractivity contribution is -0.123. The summed E-state index contributed by atoms with van der Waals surface area (Å²) in [6.45, 7) is 2.50. The summed E-state index contributed by atoms with van der Waals surface area (Å²) in [6.07, 6.45) is 2.92. The normalized spacial score (nSPS) is 16.7. The SMILES string of the molecule is CCCCCC(=O)NC1COC(=O)OC1. The number of ether oxygens (including phenoxy) is 2. The Morgan fingerprint density at radius 1 is 1.40 bits per heavy atom. The Balaban J connectivity index is 2.12. The van der Waals surface area contributed by atoms with Crippen LogP contribution in [0.25, 0.3) is 0 Å². The number of carbonyl (C=O) groups excluding carboxylic acids is 2. The predicted molar refractivity (Wildman–Crippen MR) is 53.4 cm³/mol. The summed E-state index contributed by atoms with van der Waals surface area (Å²) in [5.41, 5.74) is 0. The molecule has 0 aliphatic carbocycles. The zero-order chi connectivity index (χ0) is 11.1. The first-order valence-corrected chi connectivity index (χ1v) is 5.31. The third-order valence-corrected chi connectivity index (χ3v) is 2.18. The fourth-order valence-electron chi connectivity index (χ4n) is 1.35. The van der Waals surface area contributed by atoms with Gasteiger partial charge in [0.2, 0.25) is 5.91 Å². The van der Waals surface area contributed by atoms with E-state index in [1.807, 2.05) is 0 Å². The summed E-state index contributed by atoms with van der Waals surface area (Å²) in [5, 5.41) is 2.76. The summed E-state index contributed by atoms with van der Waals surface area (Å²) < 4.78 is 9.28. The maximum atomic E-state index is 11.4. The van der Waals surface area contributed by atoms with Gasteiger partial charge in [0, 0.05) is 6.42 Å². The molecule has 1 saturated heterocycles. The molecule has 0 saturated carbocycles. The Morgan fingerprint density at radius 2 is 2.07 bits per heavy atom. The average Bonchev–Trinajstić information content (AvgIpc) is 2.22. The largest absolute Gasteiger partial charge is 0.508 e. The van der Waals surface area contributed by atoms with E-state index in [0.29, 0.717) is 6.42 Å². The molecule has 0 unspecified atom stereocenters. The lowest BCUT2D eigenvalue weighted by atomic mass is 10.2. The highest BCUT2D eigenvalue weighted by Gasteiger charge is 2.21. The third-order valence-electron chi connectivity index (χ3n) is 2.18. The molecule has 0 bridgehead atoms. The molecule has 0 aromatic rings. The van der Waals surface area contributed by atoms with Gasteiger partial charge in [0.05, 0.1) is 6.04 Å². The number of nitrogens with one attached hydrogen (secondary N) is 1. The van der Waals surface area contributed by atoms with Gasteiger partial charge in [-0.1, -0.05) is 19.8 Å². The predicted octanol–water partition coefficient (Wildman–Crippen LogP) is 1.22. The van der Waals surface area contributed by atoms with Gasteiger partial charge in [0.25, 0.3) is 0 Å². The molecule has 0 spiro atoms. The minimum absolute atomic E-state index is 0.00463. The number of carbonyl (C=O) groups is 2. The molecule has 0 atom stereocenters. The average molecular weight is 215 g/mol. The summed E-state index contributed by atoms with van der Waals surface area (Å²) >= 11 is 0. The molecule has 86 valence electrons. The van der Waals surface area contributed by atoms with Crippen molar-refractivity contribution >= 4 is 12.1 Å². The van der Waals surface area contributed by atoms with Crippen molar-refractivity contribution in [3.8, 4) is 0 Å². The van der Waals surface area contributed by atoms with Gasteiger partial charge in [-0.05, 0) is 6.42 Å². The third kappa shape index (κ3) is 4.67. The van der Waals surface area contributed by atoms with Gasteiger partial charge in [-0.25, -0.2) is 4.79 Å². The zero-order valence-electron chi connectivity index (χ0n) is 8.95. The van der Waals surface area contributed by atoms with Crippen molar-refractivity contribution < 1.29 is 19.1 Å². The molecule has 1 N–H and O–H groups in total. The second-order valence-corrected chi connectivity index (χ2v) is 3.59. The van der Waals surface area contributed by atoms with E-state index in [-0.39, 0.29) is 25.2 Å². The fourth-order valence-corrected chi connectivity index (χ4v) is 1.35. The second-order valence-electron chi connectivity index (χ2n) is 3.59. The van der Waals surface area contributed by atoms with Crippen LogP contribution >= 0.6 is 0 Å². The van der Waals surface area contributed by atoms with Crippen LogP contribution in [-0.2, 0) is 14.3 Å². The first kappa shape index (κ1) is 11.8. The summed E-state index contributed by atoms with van der Waals surface area (Å²) in [5.74, 6) is -0.00463. The zero-order valence-corrected chi connectivity index (χ0v) is 8.95. The molecule has 1 aliphatic heterocycles. The van der Waals surface area contributed by atoms with Gasteiger partial charge in [-0.2, -0.15) is 0 Å². The highest BCUT2D eigenvalue weighted by Crippen LogP contribution is 2.02. The van der Waals surface area contributed by atoms with Crippen LogP contribution in [0.2, 0.25) is 0 Å². The molecule has 1 amide bonds. The smallest absolute Gasteiger partial charge is 0.432 e. The number of hydrogen-bond donors (Lipinski definition) is 1. The standard InChI is InChI=1S/C10H17NO4/c1-2-3-4-5-9(12)11-8-6-14-10(13)15-7-8/h8H,2-7H2,1H3,(H,11,12).